The molecule has 1 nitrogen and oxygen atoms in total. The molecule has 1 aliphatic carbocycles. The van der Waals surface area contributed by atoms with Gasteiger partial charge in [-0.1, -0.05) is 28.8 Å². The first-order valence-corrected chi connectivity index (χ1v) is 7.62. The third-order valence-electron chi connectivity index (χ3n) is 3.03. The van der Waals surface area contributed by atoms with E-state index in [0.717, 1.165) is 22.7 Å². The van der Waals surface area contributed by atoms with Crippen LogP contribution in [0.15, 0.2) is 27.6 Å². The van der Waals surface area contributed by atoms with E-state index in [1.54, 1.807) is 0 Å². The molecular weight excluding hydrogens is 282 g/mol. The zero-order valence-corrected chi connectivity index (χ0v) is 11.8. The lowest BCUT2D eigenvalue weighted by atomic mass is 10.1. The topological polar surface area (TPSA) is 26.0 Å². The molecule has 0 amide bonds. The van der Waals surface area contributed by atoms with Crippen LogP contribution in [-0.2, 0) is 6.42 Å². The zero-order chi connectivity index (χ0) is 11.4. The van der Waals surface area contributed by atoms with E-state index >= 15 is 0 Å². The van der Waals surface area contributed by atoms with Crippen LogP contribution >= 0.6 is 27.7 Å². The summed E-state index contributed by atoms with van der Waals surface area (Å²) in [4.78, 5) is 1.43. The van der Waals surface area contributed by atoms with Gasteiger partial charge in [-0.05, 0) is 49.6 Å². The number of benzene rings is 1. The Hall–Kier alpha value is 0.01000. The largest absolute Gasteiger partial charge is 0.330 e. The van der Waals surface area contributed by atoms with Gasteiger partial charge in [-0.15, -0.1) is 11.8 Å². The molecule has 0 aliphatic heterocycles. The number of thioether (sulfide) groups is 1. The standard InChI is InChI=1S/C13H18BrNS/c14-11-5-6-13(10(9-11)7-8-15)16-12-3-1-2-4-12/h5-6,9,12H,1-4,7-8,15H2. The van der Waals surface area contributed by atoms with E-state index in [4.69, 9.17) is 5.73 Å². The highest BCUT2D eigenvalue weighted by atomic mass is 79.9. The van der Waals surface area contributed by atoms with Crippen LogP contribution in [0.2, 0.25) is 0 Å². The minimum atomic E-state index is 0.731. The first-order chi connectivity index (χ1) is 7.79. The predicted octanol–water partition coefficient (Wildman–Crippen LogP) is 3.99. The molecule has 1 aromatic carbocycles. The van der Waals surface area contributed by atoms with Gasteiger partial charge in [0.1, 0.15) is 0 Å². The lowest BCUT2D eigenvalue weighted by Crippen LogP contribution is -2.05. The maximum atomic E-state index is 5.66. The molecule has 0 spiro atoms. The van der Waals surface area contributed by atoms with E-state index in [-0.39, 0.29) is 0 Å². The first-order valence-electron chi connectivity index (χ1n) is 5.95. The monoisotopic (exact) mass is 299 g/mol. The molecule has 0 unspecified atom stereocenters. The molecule has 0 saturated heterocycles. The summed E-state index contributed by atoms with van der Waals surface area (Å²) < 4.78 is 1.16. The summed E-state index contributed by atoms with van der Waals surface area (Å²) >= 11 is 5.58. The van der Waals surface area contributed by atoms with Crippen LogP contribution in [0.1, 0.15) is 31.2 Å². The quantitative estimate of drug-likeness (QED) is 0.910. The lowest BCUT2D eigenvalue weighted by Gasteiger charge is -2.13. The molecule has 88 valence electrons. The van der Waals surface area contributed by atoms with E-state index in [1.165, 1.54) is 36.1 Å². The van der Waals surface area contributed by atoms with Crippen molar-refractivity contribution in [3.63, 3.8) is 0 Å². The number of nitrogens with two attached hydrogens (primary N) is 1. The second-order valence-corrected chi connectivity index (χ2v) is 6.57. The smallest absolute Gasteiger partial charge is 0.0178 e. The van der Waals surface area contributed by atoms with Crippen LogP contribution in [0.4, 0.5) is 0 Å². The van der Waals surface area contributed by atoms with Crippen molar-refractivity contribution >= 4 is 27.7 Å². The Kier molecular flexibility index (Phi) is 4.74. The molecule has 0 heterocycles. The van der Waals surface area contributed by atoms with Crippen molar-refractivity contribution in [1.29, 1.82) is 0 Å². The van der Waals surface area contributed by atoms with Crippen molar-refractivity contribution in [3.05, 3.63) is 28.2 Å². The summed E-state index contributed by atoms with van der Waals surface area (Å²) in [7, 11) is 0. The molecule has 1 aromatic rings. The highest BCUT2D eigenvalue weighted by Crippen LogP contribution is 2.37. The third-order valence-corrected chi connectivity index (χ3v) is 4.98. The highest BCUT2D eigenvalue weighted by molar-refractivity contribution is 9.10. The van der Waals surface area contributed by atoms with Gasteiger partial charge in [0.25, 0.3) is 0 Å². The van der Waals surface area contributed by atoms with Crippen molar-refractivity contribution in [2.75, 3.05) is 6.54 Å². The Labute approximate surface area is 110 Å². The van der Waals surface area contributed by atoms with E-state index in [9.17, 15) is 0 Å². The number of halogens is 1. The van der Waals surface area contributed by atoms with E-state index in [2.05, 4.69) is 45.9 Å². The summed E-state index contributed by atoms with van der Waals surface area (Å²) in [5.74, 6) is 0. The molecule has 1 fully saturated rings. The minimum Gasteiger partial charge on any atom is -0.330 e. The Balaban J connectivity index is 2.11. The average molecular weight is 300 g/mol. The Morgan fingerprint density at radius 2 is 2.06 bits per heavy atom. The fraction of sp³-hybridized carbons (Fsp3) is 0.538. The van der Waals surface area contributed by atoms with Gasteiger partial charge in [0.2, 0.25) is 0 Å². The van der Waals surface area contributed by atoms with Crippen LogP contribution < -0.4 is 5.73 Å². The second kappa shape index (κ2) is 6.08. The Morgan fingerprint density at radius 1 is 1.31 bits per heavy atom. The highest BCUT2D eigenvalue weighted by Gasteiger charge is 2.17. The molecule has 2 rings (SSSR count). The molecule has 3 heteroatoms. The number of hydrogen-bond acceptors (Lipinski definition) is 2. The maximum absolute atomic E-state index is 5.66. The van der Waals surface area contributed by atoms with Gasteiger partial charge in [-0.25, -0.2) is 0 Å². The van der Waals surface area contributed by atoms with Crippen LogP contribution in [0, 0.1) is 0 Å². The normalized spacial score (nSPS) is 16.9. The van der Waals surface area contributed by atoms with Crippen LogP contribution in [0.25, 0.3) is 0 Å². The predicted molar refractivity (Wildman–Crippen MR) is 75.0 cm³/mol. The Bertz CT molecular complexity index is 348. The van der Waals surface area contributed by atoms with Crippen LogP contribution in [-0.4, -0.2) is 11.8 Å². The van der Waals surface area contributed by atoms with Crippen LogP contribution in [0.3, 0.4) is 0 Å². The molecule has 0 aromatic heterocycles. The van der Waals surface area contributed by atoms with Gasteiger partial charge in [0.15, 0.2) is 0 Å². The van der Waals surface area contributed by atoms with Crippen molar-refractivity contribution in [2.24, 2.45) is 5.73 Å². The number of hydrogen-bond donors (Lipinski definition) is 1. The fourth-order valence-corrected chi connectivity index (χ4v) is 4.00. The number of rotatable bonds is 4. The zero-order valence-electron chi connectivity index (χ0n) is 9.42. The summed E-state index contributed by atoms with van der Waals surface area (Å²) in [6.45, 7) is 0.731. The SMILES string of the molecule is NCCc1cc(Br)ccc1SC1CCCC1. The van der Waals surface area contributed by atoms with Gasteiger partial charge in [0.05, 0.1) is 0 Å². The lowest BCUT2D eigenvalue weighted by molar-refractivity contribution is 0.886. The maximum Gasteiger partial charge on any atom is 0.0178 e. The minimum absolute atomic E-state index is 0.731. The fourth-order valence-electron chi connectivity index (χ4n) is 2.20. The summed E-state index contributed by atoms with van der Waals surface area (Å²) in [5, 5.41) is 0.831. The average Bonchev–Trinajstić information content (AvgIpc) is 2.75. The van der Waals surface area contributed by atoms with Gasteiger partial charge in [-0.3, -0.25) is 0 Å². The molecule has 1 saturated carbocycles. The molecule has 0 bridgehead atoms. The second-order valence-electron chi connectivity index (χ2n) is 4.32. The Morgan fingerprint density at radius 3 is 2.75 bits per heavy atom. The van der Waals surface area contributed by atoms with Gasteiger partial charge < -0.3 is 5.73 Å². The molecule has 2 N–H and O–H groups in total. The first kappa shape index (κ1) is 12.5. The van der Waals surface area contributed by atoms with E-state index < -0.39 is 0 Å². The molecular formula is C13H18BrNS. The molecule has 1 aliphatic rings. The third kappa shape index (κ3) is 3.25. The van der Waals surface area contributed by atoms with Gasteiger partial charge in [0, 0.05) is 14.6 Å². The van der Waals surface area contributed by atoms with Crippen molar-refractivity contribution in [2.45, 2.75) is 42.2 Å². The molecule has 0 radical (unpaired) electrons. The van der Waals surface area contributed by atoms with Crippen molar-refractivity contribution in [1.82, 2.24) is 0 Å². The molecule has 16 heavy (non-hydrogen) atoms. The van der Waals surface area contributed by atoms with Gasteiger partial charge >= 0.3 is 0 Å². The van der Waals surface area contributed by atoms with E-state index in [1.807, 2.05) is 0 Å². The van der Waals surface area contributed by atoms with Crippen molar-refractivity contribution < 1.29 is 0 Å². The van der Waals surface area contributed by atoms with Crippen molar-refractivity contribution in [3.8, 4) is 0 Å². The summed E-state index contributed by atoms with van der Waals surface area (Å²) in [6.07, 6.45) is 6.54. The molecule has 0 atom stereocenters. The van der Waals surface area contributed by atoms with Gasteiger partial charge in [-0.2, -0.15) is 0 Å². The van der Waals surface area contributed by atoms with Crippen LogP contribution in [0.5, 0.6) is 0 Å². The van der Waals surface area contributed by atoms with E-state index in [0.29, 0.717) is 0 Å². The summed E-state index contributed by atoms with van der Waals surface area (Å²) in [5.41, 5.74) is 7.06. The summed E-state index contributed by atoms with van der Waals surface area (Å²) in [6, 6.07) is 6.58.